The monoisotopic (exact) mass is 309 g/mol. The van der Waals surface area contributed by atoms with Gasteiger partial charge in [-0.05, 0) is 18.6 Å². The third-order valence-corrected chi connectivity index (χ3v) is 3.73. The zero-order valence-electron chi connectivity index (χ0n) is 13.2. The predicted molar refractivity (Wildman–Crippen MR) is 88.7 cm³/mol. The number of aryl methyl sites for hydroxylation is 1. The minimum absolute atomic E-state index is 0.102. The number of pyridine rings is 1. The molecule has 1 atom stereocenters. The molecule has 0 aliphatic carbocycles. The molecule has 0 unspecified atom stereocenters. The predicted octanol–water partition coefficient (Wildman–Crippen LogP) is 2.53. The van der Waals surface area contributed by atoms with Crippen molar-refractivity contribution in [2.75, 3.05) is 0 Å². The average Bonchev–Trinajstić information content (AvgIpc) is 2.99. The highest BCUT2D eigenvalue weighted by Crippen LogP contribution is 2.15. The maximum atomic E-state index is 12.1. The van der Waals surface area contributed by atoms with Crippen LogP contribution < -0.4 is 10.6 Å². The van der Waals surface area contributed by atoms with E-state index < -0.39 is 0 Å². The van der Waals surface area contributed by atoms with Gasteiger partial charge in [-0.3, -0.25) is 9.67 Å². The maximum Gasteiger partial charge on any atom is 0.315 e. The van der Waals surface area contributed by atoms with Crippen molar-refractivity contribution in [3.05, 3.63) is 60.0 Å². The fourth-order valence-electron chi connectivity index (χ4n) is 2.48. The first-order valence-corrected chi connectivity index (χ1v) is 7.49. The molecule has 0 aliphatic rings. The van der Waals surface area contributed by atoms with Crippen molar-refractivity contribution in [3.8, 4) is 0 Å². The molecule has 0 radical (unpaired) electrons. The number of nitrogens with zero attached hydrogens (tertiary/aromatic N) is 3. The van der Waals surface area contributed by atoms with Crippen molar-refractivity contribution in [2.45, 2.75) is 19.5 Å². The van der Waals surface area contributed by atoms with Gasteiger partial charge in [-0.15, -0.1) is 0 Å². The normalized spacial score (nSPS) is 12.1. The van der Waals surface area contributed by atoms with E-state index in [2.05, 4.69) is 20.7 Å². The molecule has 23 heavy (non-hydrogen) atoms. The summed E-state index contributed by atoms with van der Waals surface area (Å²) in [6.07, 6.45) is 5.40. The molecular formula is C17H19N5O. The summed E-state index contributed by atoms with van der Waals surface area (Å²) >= 11 is 0. The molecule has 0 fully saturated rings. The van der Waals surface area contributed by atoms with E-state index in [0.717, 1.165) is 22.0 Å². The summed E-state index contributed by atoms with van der Waals surface area (Å²) in [7, 11) is 1.85. The van der Waals surface area contributed by atoms with E-state index in [0.29, 0.717) is 6.54 Å². The van der Waals surface area contributed by atoms with Gasteiger partial charge in [-0.25, -0.2) is 4.79 Å². The van der Waals surface area contributed by atoms with E-state index >= 15 is 0 Å². The number of amides is 2. The van der Waals surface area contributed by atoms with Crippen LogP contribution in [0.15, 0.2) is 48.9 Å². The summed E-state index contributed by atoms with van der Waals surface area (Å²) < 4.78 is 1.72. The number of fused-ring (bicyclic) bond motifs is 1. The first kappa shape index (κ1) is 15.0. The van der Waals surface area contributed by atoms with Crippen molar-refractivity contribution in [3.63, 3.8) is 0 Å². The van der Waals surface area contributed by atoms with Crippen LogP contribution in [0.25, 0.3) is 10.9 Å². The molecule has 6 nitrogen and oxygen atoms in total. The lowest BCUT2D eigenvalue weighted by atomic mass is 10.1. The number of hydrogen-bond acceptors (Lipinski definition) is 3. The van der Waals surface area contributed by atoms with Crippen LogP contribution in [0.2, 0.25) is 0 Å². The van der Waals surface area contributed by atoms with Crippen LogP contribution in [0.3, 0.4) is 0 Å². The van der Waals surface area contributed by atoms with Crippen LogP contribution in [0.5, 0.6) is 0 Å². The maximum absolute atomic E-state index is 12.1. The molecule has 6 heteroatoms. The minimum atomic E-state index is -0.214. The van der Waals surface area contributed by atoms with Crippen molar-refractivity contribution in [1.29, 1.82) is 0 Å². The molecule has 2 heterocycles. The van der Waals surface area contributed by atoms with Crippen LogP contribution in [-0.2, 0) is 13.6 Å². The molecule has 0 bridgehead atoms. The van der Waals surface area contributed by atoms with Crippen molar-refractivity contribution in [2.24, 2.45) is 7.05 Å². The number of para-hydroxylation sites is 1. The highest BCUT2D eigenvalue weighted by atomic mass is 16.2. The lowest BCUT2D eigenvalue weighted by Crippen LogP contribution is -2.36. The average molecular weight is 309 g/mol. The highest BCUT2D eigenvalue weighted by Gasteiger charge is 2.11. The van der Waals surface area contributed by atoms with E-state index in [-0.39, 0.29) is 12.1 Å². The van der Waals surface area contributed by atoms with Gasteiger partial charge in [-0.1, -0.05) is 24.3 Å². The van der Waals surface area contributed by atoms with Gasteiger partial charge in [0.15, 0.2) is 0 Å². The molecule has 0 saturated heterocycles. The number of nitrogens with one attached hydrogen (secondary N) is 2. The van der Waals surface area contributed by atoms with Crippen molar-refractivity contribution in [1.82, 2.24) is 25.4 Å². The molecule has 3 aromatic rings. The fourth-order valence-corrected chi connectivity index (χ4v) is 2.48. The van der Waals surface area contributed by atoms with E-state index in [4.69, 9.17) is 0 Å². The van der Waals surface area contributed by atoms with Gasteiger partial charge in [0, 0.05) is 36.9 Å². The Bertz CT molecular complexity index is 821. The van der Waals surface area contributed by atoms with Crippen LogP contribution >= 0.6 is 0 Å². The van der Waals surface area contributed by atoms with E-state index in [9.17, 15) is 4.79 Å². The third kappa shape index (κ3) is 3.48. The van der Waals surface area contributed by atoms with Crippen LogP contribution in [-0.4, -0.2) is 20.8 Å². The summed E-state index contributed by atoms with van der Waals surface area (Å²) in [6.45, 7) is 2.36. The molecule has 0 spiro atoms. The Labute approximate surface area is 134 Å². The molecule has 3 rings (SSSR count). The Kier molecular flexibility index (Phi) is 4.23. The summed E-state index contributed by atoms with van der Waals surface area (Å²) in [5, 5.41) is 11.0. The fraction of sp³-hybridized carbons (Fsp3) is 0.235. The number of urea groups is 1. The zero-order valence-corrected chi connectivity index (χ0v) is 13.2. The summed E-state index contributed by atoms with van der Waals surface area (Å²) in [4.78, 5) is 16.5. The lowest BCUT2D eigenvalue weighted by molar-refractivity contribution is 0.237. The first-order valence-electron chi connectivity index (χ1n) is 7.49. The molecule has 0 saturated carbocycles. The molecule has 2 aromatic heterocycles. The van der Waals surface area contributed by atoms with Gasteiger partial charge in [0.1, 0.15) is 0 Å². The van der Waals surface area contributed by atoms with E-state index in [1.165, 1.54) is 0 Å². The Morgan fingerprint density at radius 2 is 2.13 bits per heavy atom. The first-order chi connectivity index (χ1) is 11.1. The van der Waals surface area contributed by atoms with Crippen LogP contribution in [0.4, 0.5) is 4.79 Å². The molecular weight excluding hydrogens is 290 g/mol. The van der Waals surface area contributed by atoms with Crippen LogP contribution in [0.1, 0.15) is 24.1 Å². The molecule has 1 aromatic carbocycles. The molecule has 118 valence electrons. The van der Waals surface area contributed by atoms with Crippen molar-refractivity contribution >= 4 is 16.9 Å². The van der Waals surface area contributed by atoms with E-state index in [1.807, 2.05) is 50.5 Å². The van der Waals surface area contributed by atoms with Gasteiger partial charge in [0.25, 0.3) is 0 Å². The van der Waals surface area contributed by atoms with Gasteiger partial charge >= 0.3 is 6.03 Å². The number of carbonyl (C=O) groups excluding carboxylic acids is 1. The zero-order chi connectivity index (χ0) is 16.2. The van der Waals surface area contributed by atoms with Gasteiger partial charge < -0.3 is 10.6 Å². The molecule has 0 aliphatic heterocycles. The standard InChI is InChI=1S/C17H19N5O/c1-12(15-10-20-22(2)11-15)21-17(23)19-9-14-6-3-5-13-7-4-8-18-16(13)14/h3-8,10-12H,9H2,1-2H3,(H2,19,21,23)/t12-/m0/s1. The second-order valence-corrected chi connectivity index (χ2v) is 5.49. The van der Waals surface area contributed by atoms with Gasteiger partial charge in [0.2, 0.25) is 0 Å². The van der Waals surface area contributed by atoms with Gasteiger partial charge in [-0.2, -0.15) is 5.10 Å². The number of aromatic nitrogens is 3. The number of hydrogen-bond donors (Lipinski definition) is 2. The highest BCUT2D eigenvalue weighted by molar-refractivity contribution is 5.82. The minimum Gasteiger partial charge on any atom is -0.334 e. The largest absolute Gasteiger partial charge is 0.334 e. The Hall–Kier alpha value is -2.89. The second kappa shape index (κ2) is 6.48. The molecule has 2 N–H and O–H groups in total. The van der Waals surface area contributed by atoms with Crippen LogP contribution in [0, 0.1) is 0 Å². The van der Waals surface area contributed by atoms with E-state index in [1.54, 1.807) is 17.1 Å². The van der Waals surface area contributed by atoms with Crippen molar-refractivity contribution < 1.29 is 4.79 Å². The summed E-state index contributed by atoms with van der Waals surface area (Å²) in [5.74, 6) is 0. The summed E-state index contributed by atoms with van der Waals surface area (Å²) in [5.41, 5.74) is 2.87. The third-order valence-electron chi connectivity index (χ3n) is 3.73. The number of benzene rings is 1. The molecule has 2 amide bonds. The number of carbonyl (C=O) groups is 1. The topological polar surface area (TPSA) is 71.8 Å². The Balaban J connectivity index is 1.62. The summed E-state index contributed by atoms with van der Waals surface area (Å²) in [6, 6.07) is 9.55. The SMILES string of the molecule is C[C@H](NC(=O)NCc1cccc2cccnc12)c1cnn(C)c1. The lowest BCUT2D eigenvalue weighted by Gasteiger charge is -2.13. The number of rotatable bonds is 4. The Morgan fingerprint density at radius 1 is 1.30 bits per heavy atom. The second-order valence-electron chi connectivity index (χ2n) is 5.49. The quantitative estimate of drug-likeness (QED) is 0.778. The Morgan fingerprint density at radius 3 is 2.91 bits per heavy atom. The van der Waals surface area contributed by atoms with Gasteiger partial charge in [0.05, 0.1) is 17.8 Å². The smallest absolute Gasteiger partial charge is 0.315 e.